The fourth-order valence-electron chi connectivity index (χ4n) is 2.63. The molecule has 5 heteroatoms. The minimum absolute atomic E-state index is 0.111. The molecule has 2 aromatic rings. The zero-order valence-electron chi connectivity index (χ0n) is 15.5. The SMILES string of the molecule is CCOCCCN[C@@H](C(=O)Nc1ccccc1OCC)c1ccccc1. The Morgan fingerprint density at radius 2 is 1.73 bits per heavy atom. The van der Waals surface area contributed by atoms with Crippen LogP contribution in [0.15, 0.2) is 54.6 Å². The van der Waals surface area contributed by atoms with Gasteiger partial charge in [-0.3, -0.25) is 4.79 Å². The topological polar surface area (TPSA) is 59.6 Å². The third kappa shape index (κ3) is 6.17. The summed E-state index contributed by atoms with van der Waals surface area (Å²) < 4.78 is 11.0. The molecular formula is C21H28N2O3. The first-order chi connectivity index (χ1) is 12.8. The maximum atomic E-state index is 12.9. The highest BCUT2D eigenvalue weighted by Crippen LogP contribution is 2.25. The van der Waals surface area contributed by atoms with E-state index in [0.717, 1.165) is 12.0 Å². The van der Waals surface area contributed by atoms with Crippen LogP contribution in [0.1, 0.15) is 31.9 Å². The Morgan fingerprint density at radius 1 is 1.00 bits per heavy atom. The third-order valence-corrected chi connectivity index (χ3v) is 3.86. The van der Waals surface area contributed by atoms with Gasteiger partial charge in [0, 0.05) is 13.2 Å². The molecular weight excluding hydrogens is 328 g/mol. The van der Waals surface area contributed by atoms with E-state index in [1.165, 1.54) is 0 Å². The van der Waals surface area contributed by atoms with Gasteiger partial charge in [0.1, 0.15) is 11.8 Å². The van der Waals surface area contributed by atoms with E-state index >= 15 is 0 Å². The first-order valence-electron chi connectivity index (χ1n) is 9.15. The average Bonchev–Trinajstić information content (AvgIpc) is 2.67. The molecule has 0 saturated heterocycles. The molecule has 26 heavy (non-hydrogen) atoms. The zero-order chi connectivity index (χ0) is 18.6. The standard InChI is InChI=1S/C21H28N2O3/c1-3-25-16-10-15-22-20(17-11-6-5-7-12-17)21(24)23-18-13-8-9-14-19(18)26-4-2/h5-9,11-14,20,22H,3-4,10,15-16H2,1-2H3,(H,23,24)/t20-/m1/s1. The Balaban J connectivity index is 2.08. The second kappa shape index (κ2) is 11.3. The van der Waals surface area contributed by atoms with Crippen molar-refractivity contribution in [3.8, 4) is 5.75 Å². The highest BCUT2D eigenvalue weighted by Gasteiger charge is 2.20. The number of hydrogen-bond donors (Lipinski definition) is 2. The van der Waals surface area contributed by atoms with Crippen LogP contribution in [0.5, 0.6) is 5.75 Å². The zero-order valence-corrected chi connectivity index (χ0v) is 15.5. The van der Waals surface area contributed by atoms with Crippen molar-refractivity contribution in [1.29, 1.82) is 0 Å². The Labute approximate surface area is 155 Å². The normalized spacial score (nSPS) is 11.8. The van der Waals surface area contributed by atoms with Gasteiger partial charge in [-0.2, -0.15) is 0 Å². The van der Waals surface area contributed by atoms with Crippen LogP contribution in [0.25, 0.3) is 0 Å². The van der Waals surface area contributed by atoms with Crippen LogP contribution in [0.2, 0.25) is 0 Å². The first kappa shape index (κ1) is 19.9. The summed E-state index contributed by atoms with van der Waals surface area (Å²) in [5.74, 6) is 0.561. The molecule has 0 heterocycles. The van der Waals surface area contributed by atoms with E-state index in [-0.39, 0.29) is 5.91 Å². The minimum Gasteiger partial charge on any atom is -0.492 e. The van der Waals surface area contributed by atoms with Crippen molar-refractivity contribution in [2.24, 2.45) is 0 Å². The molecule has 2 rings (SSSR count). The highest BCUT2D eigenvalue weighted by atomic mass is 16.5. The number of benzene rings is 2. The summed E-state index contributed by atoms with van der Waals surface area (Å²) >= 11 is 0. The quantitative estimate of drug-likeness (QED) is 0.602. The van der Waals surface area contributed by atoms with Gasteiger partial charge in [-0.05, 0) is 44.5 Å². The van der Waals surface area contributed by atoms with E-state index < -0.39 is 6.04 Å². The van der Waals surface area contributed by atoms with E-state index in [2.05, 4.69) is 10.6 Å². The van der Waals surface area contributed by atoms with Gasteiger partial charge in [0.15, 0.2) is 0 Å². The minimum atomic E-state index is -0.437. The number of para-hydroxylation sites is 2. The van der Waals surface area contributed by atoms with Crippen molar-refractivity contribution >= 4 is 11.6 Å². The lowest BCUT2D eigenvalue weighted by molar-refractivity contribution is -0.118. The molecule has 0 bridgehead atoms. The maximum absolute atomic E-state index is 12.9. The van der Waals surface area contributed by atoms with E-state index in [1.54, 1.807) is 0 Å². The summed E-state index contributed by atoms with van der Waals surface area (Å²) in [5.41, 5.74) is 1.60. The molecule has 5 nitrogen and oxygen atoms in total. The van der Waals surface area contributed by atoms with Crippen molar-refractivity contribution in [3.63, 3.8) is 0 Å². The van der Waals surface area contributed by atoms with Gasteiger partial charge in [0.05, 0.1) is 12.3 Å². The predicted molar refractivity (Wildman–Crippen MR) is 105 cm³/mol. The van der Waals surface area contributed by atoms with Gasteiger partial charge in [0.25, 0.3) is 0 Å². The van der Waals surface area contributed by atoms with Gasteiger partial charge in [0.2, 0.25) is 5.91 Å². The Morgan fingerprint density at radius 3 is 2.46 bits per heavy atom. The number of amides is 1. The van der Waals surface area contributed by atoms with Gasteiger partial charge in [-0.15, -0.1) is 0 Å². The van der Waals surface area contributed by atoms with Crippen molar-refractivity contribution in [2.45, 2.75) is 26.3 Å². The Bertz CT molecular complexity index is 661. The Hall–Kier alpha value is -2.37. The highest BCUT2D eigenvalue weighted by molar-refractivity contribution is 5.96. The van der Waals surface area contributed by atoms with Gasteiger partial charge in [-0.1, -0.05) is 42.5 Å². The number of ether oxygens (including phenoxy) is 2. The van der Waals surface area contributed by atoms with Crippen LogP contribution >= 0.6 is 0 Å². The van der Waals surface area contributed by atoms with E-state index in [1.807, 2.05) is 68.4 Å². The number of carbonyl (C=O) groups excluding carboxylic acids is 1. The number of carbonyl (C=O) groups is 1. The van der Waals surface area contributed by atoms with Crippen molar-refractivity contribution in [3.05, 3.63) is 60.2 Å². The predicted octanol–water partition coefficient (Wildman–Crippen LogP) is 3.78. The van der Waals surface area contributed by atoms with E-state index in [0.29, 0.717) is 37.8 Å². The van der Waals surface area contributed by atoms with Crippen molar-refractivity contribution < 1.29 is 14.3 Å². The molecule has 0 aliphatic rings. The number of rotatable bonds is 11. The maximum Gasteiger partial charge on any atom is 0.246 e. The van der Waals surface area contributed by atoms with E-state index in [4.69, 9.17) is 9.47 Å². The molecule has 0 spiro atoms. The summed E-state index contributed by atoms with van der Waals surface area (Å²) in [6, 6.07) is 16.8. The van der Waals surface area contributed by atoms with Gasteiger partial charge in [-0.25, -0.2) is 0 Å². The monoisotopic (exact) mass is 356 g/mol. The van der Waals surface area contributed by atoms with Crippen LogP contribution < -0.4 is 15.4 Å². The largest absolute Gasteiger partial charge is 0.492 e. The summed E-state index contributed by atoms with van der Waals surface area (Å²) in [7, 11) is 0. The van der Waals surface area contributed by atoms with Crippen LogP contribution in [0.3, 0.4) is 0 Å². The molecule has 140 valence electrons. The van der Waals surface area contributed by atoms with Crippen molar-refractivity contribution in [1.82, 2.24) is 5.32 Å². The summed E-state index contributed by atoms with van der Waals surface area (Å²) in [4.78, 5) is 12.9. The summed E-state index contributed by atoms with van der Waals surface area (Å²) in [6.45, 7) is 6.52. The molecule has 0 saturated carbocycles. The Kier molecular flexibility index (Phi) is 8.66. The second-order valence-corrected chi connectivity index (χ2v) is 5.77. The molecule has 0 fully saturated rings. The lowest BCUT2D eigenvalue weighted by atomic mass is 10.1. The lowest BCUT2D eigenvalue weighted by Gasteiger charge is -2.20. The second-order valence-electron chi connectivity index (χ2n) is 5.77. The molecule has 1 atom stereocenters. The molecule has 0 unspecified atom stereocenters. The van der Waals surface area contributed by atoms with Crippen LogP contribution in [-0.4, -0.2) is 32.3 Å². The van der Waals surface area contributed by atoms with E-state index in [9.17, 15) is 4.79 Å². The molecule has 1 amide bonds. The number of nitrogens with one attached hydrogen (secondary N) is 2. The molecule has 0 aliphatic heterocycles. The molecule has 2 aromatic carbocycles. The molecule has 0 aromatic heterocycles. The molecule has 0 aliphatic carbocycles. The number of hydrogen-bond acceptors (Lipinski definition) is 4. The smallest absolute Gasteiger partial charge is 0.246 e. The fourth-order valence-corrected chi connectivity index (χ4v) is 2.63. The van der Waals surface area contributed by atoms with Gasteiger partial charge >= 0.3 is 0 Å². The van der Waals surface area contributed by atoms with Crippen LogP contribution in [0, 0.1) is 0 Å². The van der Waals surface area contributed by atoms with Crippen LogP contribution in [0.4, 0.5) is 5.69 Å². The fraction of sp³-hybridized carbons (Fsp3) is 0.381. The number of anilines is 1. The lowest BCUT2D eigenvalue weighted by Crippen LogP contribution is -2.34. The molecule has 2 N–H and O–H groups in total. The molecule has 0 radical (unpaired) electrons. The van der Waals surface area contributed by atoms with Crippen LogP contribution in [-0.2, 0) is 9.53 Å². The summed E-state index contributed by atoms with van der Waals surface area (Å²) in [6.07, 6.45) is 0.847. The van der Waals surface area contributed by atoms with Gasteiger partial charge < -0.3 is 20.1 Å². The van der Waals surface area contributed by atoms with Crippen molar-refractivity contribution in [2.75, 3.05) is 31.7 Å². The first-order valence-corrected chi connectivity index (χ1v) is 9.15. The average molecular weight is 356 g/mol. The third-order valence-electron chi connectivity index (χ3n) is 3.86. The summed E-state index contributed by atoms with van der Waals surface area (Å²) in [5, 5.41) is 6.32.